The van der Waals surface area contributed by atoms with Crippen LogP contribution in [0, 0.1) is 15.9 Å². The summed E-state index contributed by atoms with van der Waals surface area (Å²) in [7, 11) is -3.95. The zero-order valence-electron chi connectivity index (χ0n) is 15.9. The van der Waals surface area contributed by atoms with Crippen molar-refractivity contribution in [1.29, 1.82) is 0 Å². The Morgan fingerprint density at radius 1 is 1.24 bits per heavy atom. The lowest BCUT2D eigenvalue weighted by Gasteiger charge is -2.27. The van der Waals surface area contributed by atoms with E-state index < -0.39 is 14.9 Å². The predicted molar refractivity (Wildman–Crippen MR) is 106 cm³/mol. The molecule has 1 N–H and O–H groups in total. The summed E-state index contributed by atoms with van der Waals surface area (Å²) in [6.45, 7) is 2.74. The molecular weight excluding hydrogens is 401 g/mol. The van der Waals surface area contributed by atoms with Crippen molar-refractivity contribution in [3.63, 3.8) is 0 Å². The van der Waals surface area contributed by atoms with Gasteiger partial charge < -0.3 is 10.1 Å². The number of halogens is 1. The van der Waals surface area contributed by atoms with E-state index in [1.54, 1.807) is 12.1 Å². The summed E-state index contributed by atoms with van der Waals surface area (Å²) in [6, 6.07) is 9.65. The van der Waals surface area contributed by atoms with Crippen molar-refractivity contribution in [2.24, 2.45) is 0 Å². The number of hydrogen-bond donors (Lipinski definition) is 1. The highest BCUT2D eigenvalue weighted by atomic mass is 32.2. The first kappa shape index (κ1) is 21.2. The highest BCUT2D eigenvalue weighted by molar-refractivity contribution is 7.89. The maximum Gasteiger partial charge on any atom is 0.270 e. The Labute approximate surface area is 168 Å². The van der Waals surface area contributed by atoms with E-state index in [1.807, 2.05) is 6.92 Å². The van der Waals surface area contributed by atoms with Gasteiger partial charge in [0.2, 0.25) is 10.0 Å². The fraction of sp³-hybridized carbons (Fsp3) is 0.368. The third-order valence-corrected chi connectivity index (χ3v) is 6.54. The van der Waals surface area contributed by atoms with Crippen LogP contribution in [0.3, 0.4) is 0 Å². The summed E-state index contributed by atoms with van der Waals surface area (Å²) in [4.78, 5) is 10.4. The lowest BCUT2D eigenvalue weighted by atomic mass is 10.1. The minimum absolute atomic E-state index is 0.153. The second kappa shape index (κ2) is 8.85. The second-order valence-electron chi connectivity index (χ2n) is 6.83. The van der Waals surface area contributed by atoms with Gasteiger partial charge in [0.1, 0.15) is 10.7 Å². The molecule has 1 heterocycles. The summed E-state index contributed by atoms with van der Waals surface area (Å²) in [6.07, 6.45) is 0.450. The predicted octanol–water partition coefficient (Wildman–Crippen LogP) is 2.80. The van der Waals surface area contributed by atoms with Gasteiger partial charge in [-0.3, -0.25) is 10.1 Å². The van der Waals surface area contributed by atoms with Crippen LogP contribution < -0.4 is 5.32 Å². The normalized spacial score (nSPS) is 16.3. The standard InChI is InChI=1S/C19H22FN3O5S/c1-14(11-15-3-2-4-16(20)12-15)21-18-6-5-17(23(24)25)13-19(18)29(26,27)22-7-9-28-10-8-22/h2-6,12-14,21H,7-11H2,1H3. The molecule has 1 unspecified atom stereocenters. The van der Waals surface area contributed by atoms with Gasteiger partial charge >= 0.3 is 0 Å². The molecule has 0 radical (unpaired) electrons. The molecule has 1 fully saturated rings. The Bertz CT molecular complexity index is 993. The van der Waals surface area contributed by atoms with E-state index in [-0.39, 0.29) is 54.4 Å². The van der Waals surface area contributed by atoms with Crippen molar-refractivity contribution in [1.82, 2.24) is 4.31 Å². The fourth-order valence-corrected chi connectivity index (χ4v) is 4.80. The molecule has 10 heteroatoms. The Morgan fingerprint density at radius 2 is 1.97 bits per heavy atom. The molecule has 29 heavy (non-hydrogen) atoms. The van der Waals surface area contributed by atoms with Gasteiger partial charge in [0.15, 0.2) is 0 Å². The third kappa shape index (κ3) is 5.08. The van der Waals surface area contributed by atoms with Gasteiger partial charge in [-0.2, -0.15) is 4.31 Å². The fourth-order valence-electron chi connectivity index (χ4n) is 3.22. The molecule has 1 aliphatic heterocycles. The van der Waals surface area contributed by atoms with Gasteiger partial charge in [-0.25, -0.2) is 12.8 Å². The first-order valence-electron chi connectivity index (χ1n) is 9.14. The quantitative estimate of drug-likeness (QED) is 0.543. The summed E-state index contributed by atoms with van der Waals surface area (Å²) in [5, 5.41) is 14.3. The average Bonchev–Trinajstić information content (AvgIpc) is 2.68. The van der Waals surface area contributed by atoms with E-state index in [4.69, 9.17) is 4.74 Å². The molecule has 156 valence electrons. The van der Waals surface area contributed by atoms with Crippen molar-refractivity contribution in [3.05, 3.63) is 64.0 Å². The number of hydrogen-bond acceptors (Lipinski definition) is 6. The molecule has 1 atom stereocenters. The number of non-ortho nitro benzene ring substituents is 1. The zero-order chi connectivity index (χ0) is 21.0. The van der Waals surface area contributed by atoms with Crippen molar-refractivity contribution >= 4 is 21.4 Å². The number of morpholine rings is 1. The molecule has 2 aromatic carbocycles. The Balaban J connectivity index is 1.90. The molecular formula is C19H22FN3O5S. The first-order chi connectivity index (χ1) is 13.8. The van der Waals surface area contributed by atoms with Crippen molar-refractivity contribution in [2.45, 2.75) is 24.3 Å². The number of nitro benzene ring substituents is 1. The van der Waals surface area contributed by atoms with E-state index in [1.165, 1.54) is 28.6 Å². The monoisotopic (exact) mass is 423 g/mol. The zero-order valence-corrected chi connectivity index (χ0v) is 16.7. The maximum atomic E-state index is 13.4. The van der Waals surface area contributed by atoms with Crippen LogP contribution in [0.1, 0.15) is 12.5 Å². The highest BCUT2D eigenvalue weighted by Gasteiger charge is 2.30. The van der Waals surface area contributed by atoms with E-state index in [0.29, 0.717) is 6.42 Å². The summed E-state index contributed by atoms with van der Waals surface area (Å²) < 4.78 is 46.1. The molecule has 0 spiro atoms. The molecule has 3 rings (SSSR count). The minimum atomic E-state index is -3.95. The van der Waals surface area contributed by atoms with Gasteiger partial charge in [0.25, 0.3) is 5.69 Å². The number of ether oxygens (including phenoxy) is 1. The lowest BCUT2D eigenvalue weighted by Crippen LogP contribution is -2.41. The van der Waals surface area contributed by atoms with E-state index in [9.17, 15) is 22.9 Å². The maximum absolute atomic E-state index is 13.4. The number of rotatable bonds is 7. The number of nitrogens with one attached hydrogen (secondary N) is 1. The molecule has 8 nitrogen and oxygen atoms in total. The highest BCUT2D eigenvalue weighted by Crippen LogP contribution is 2.30. The summed E-state index contributed by atoms with van der Waals surface area (Å²) >= 11 is 0. The average molecular weight is 423 g/mol. The van der Waals surface area contributed by atoms with Crippen LogP contribution in [0.5, 0.6) is 0 Å². The van der Waals surface area contributed by atoms with Crippen molar-refractivity contribution in [3.8, 4) is 0 Å². The topological polar surface area (TPSA) is 102 Å². The summed E-state index contributed by atoms with van der Waals surface area (Å²) in [5.74, 6) is -0.347. The number of anilines is 1. The molecule has 2 aromatic rings. The van der Waals surface area contributed by atoms with Crippen LogP contribution in [0.15, 0.2) is 47.4 Å². The molecule has 1 aliphatic rings. The van der Waals surface area contributed by atoms with Crippen LogP contribution in [-0.2, 0) is 21.2 Å². The molecule has 0 saturated carbocycles. The molecule has 0 aliphatic carbocycles. The van der Waals surface area contributed by atoms with Gasteiger partial charge in [0, 0.05) is 31.3 Å². The van der Waals surface area contributed by atoms with Crippen LogP contribution in [0.4, 0.5) is 15.8 Å². The second-order valence-corrected chi connectivity index (χ2v) is 8.74. The first-order valence-corrected chi connectivity index (χ1v) is 10.6. The van der Waals surface area contributed by atoms with Crippen molar-refractivity contribution in [2.75, 3.05) is 31.6 Å². The third-order valence-electron chi connectivity index (χ3n) is 4.60. The van der Waals surface area contributed by atoms with Gasteiger partial charge in [0.05, 0.1) is 23.8 Å². The van der Waals surface area contributed by atoms with Gasteiger partial charge in [-0.15, -0.1) is 0 Å². The lowest BCUT2D eigenvalue weighted by molar-refractivity contribution is -0.385. The van der Waals surface area contributed by atoms with E-state index >= 15 is 0 Å². The minimum Gasteiger partial charge on any atom is -0.381 e. The van der Waals surface area contributed by atoms with E-state index in [0.717, 1.165) is 11.6 Å². The number of sulfonamides is 1. The van der Waals surface area contributed by atoms with Crippen LogP contribution in [-0.4, -0.2) is 50.0 Å². The molecule has 0 aromatic heterocycles. The number of benzene rings is 2. The van der Waals surface area contributed by atoms with Crippen molar-refractivity contribution < 1.29 is 22.5 Å². The summed E-state index contributed by atoms with van der Waals surface area (Å²) in [5.41, 5.74) is 0.718. The SMILES string of the molecule is CC(Cc1cccc(F)c1)Nc1ccc([N+](=O)[O-])cc1S(=O)(=O)N1CCOCC1. The van der Waals surface area contributed by atoms with Crippen LogP contribution in [0.2, 0.25) is 0 Å². The smallest absolute Gasteiger partial charge is 0.270 e. The Hall–Kier alpha value is -2.56. The van der Waals surface area contributed by atoms with Gasteiger partial charge in [-0.1, -0.05) is 12.1 Å². The van der Waals surface area contributed by atoms with Gasteiger partial charge in [-0.05, 0) is 37.1 Å². The molecule has 0 bridgehead atoms. The van der Waals surface area contributed by atoms with Crippen LogP contribution in [0.25, 0.3) is 0 Å². The number of nitro groups is 1. The largest absolute Gasteiger partial charge is 0.381 e. The number of nitrogens with zero attached hydrogens (tertiary/aromatic N) is 2. The van der Waals surface area contributed by atoms with Crippen LogP contribution >= 0.6 is 0 Å². The molecule has 0 amide bonds. The van der Waals surface area contributed by atoms with E-state index in [2.05, 4.69) is 5.32 Å². The Kier molecular flexibility index (Phi) is 6.46. The molecule has 1 saturated heterocycles. The Morgan fingerprint density at radius 3 is 2.62 bits per heavy atom.